The van der Waals surface area contributed by atoms with Crippen molar-refractivity contribution in [3.63, 3.8) is 0 Å². The number of aliphatic hydroxyl groups excluding tert-OH is 2. The third-order valence-electron chi connectivity index (χ3n) is 5.38. The fraction of sp³-hybridized carbons (Fsp3) is 0.727. The maximum Gasteiger partial charge on any atom is 0.327 e. The zero-order valence-electron chi connectivity index (χ0n) is 16.7. The Balaban J connectivity index is 2.47. The molecule has 1 aliphatic rings. The van der Waals surface area contributed by atoms with E-state index in [1.165, 1.54) is 0 Å². The summed E-state index contributed by atoms with van der Waals surface area (Å²) in [6.07, 6.45) is 12.4. The van der Waals surface area contributed by atoms with Crippen molar-refractivity contribution in [1.82, 2.24) is 0 Å². The van der Waals surface area contributed by atoms with Crippen molar-refractivity contribution in [2.75, 3.05) is 0 Å². The fourth-order valence-corrected chi connectivity index (χ4v) is 3.82. The molecule has 5 nitrogen and oxygen atoms in total. The van der Waals surface area contributed by atoms with E-state index in [1.807, 2.05) is 6.08 Å². The zero-order valence-corrected chi connectivity index (χ0v) is 16.7. The minimum absolute atomic E-state index is 0.0871. The highest BCUT2D eigenvalue weighted by Crippen LogP contribution is 2.34. The van der Waals surface area contributed by atoms with Gasteiger partial charge in [-0.2, -0.15) is 0 Å². The van der Waals surface area contributed by atoms with Gasteiger partial charge in [0.15, 0.2) is 0 Å². The predicted octanol–water partition coefficient (Wildman–Crippen LogP) is 3.89. The quantitative estimate of drug-likeness (QED) is 0.256. The summed E-state index contributed by atoms with van der Waals surface area (Å²) in [5.41, 5.74) is 0. The van der Waals surface area contributed by atoms with Crippen LogP contribution in [0.25, 0.3) is 0 Å². The van der Waals surface area contributed by atoms with Crippen molar-refractivity contribution < 1.29 is 24.9 Å². The highest BCUT2D eigenvalue weighted by Gasteiger charge is 2.39. The Hall–Kier alpha value is -1.46. The Morgan fingerprint density at radius 3 is 2.70 bits per heavy atom. The highest BCUT2D eigenvalue weighted by molar-refractivity contribution is 5.84. The third-order valence-corrected chi connectivity index (χ3v) is 5.38. The molecule has 1 saturated carbocycles. The minimum atomic E-state index is -0.947. The van der Waals surface area contributed by atoms with Crippen LogP contribution in [0.2, 0.25) is 0 Å². The van der Waals surface area contributed by atoms with E-state index >= 15 is 0 Å². The molecule has 0 spiro atoms. The molecule has 5 atom stereocenters. The van der Waals surface area contributed by atoms with E-state index in [4.69, 9.17) is 5.11 Å². The van der Waals surface area contributed by atoms with Gasteiger partial charge in [0.1, 0.15) is 5.78 Å². The number of carbonyl (C=O) groups excluding carboxylic acids is 1. The number of rotatable bonds is 13. The second-order valence-corrected chi connectivity index (χ2v) is 7.88. The van der Waals surface area contributed by atoms with E-state index in [0.29, 0.717) is 25.2 Å². The first-order valence-corrected chi connectivity index (χ1v) is 10.3. The largest absolute Gasteiger partial charge is 0.478 e. The Bertz CT molecular complexity index is 511. The van der Waals surface area contributed by atoms with Gasteiger partial charge in [0.05, 0.1) is 12.2 Å². The van der Waals surface area contributed by atoms with E-state index in [0.717, 1.165) is 38.2 Å². The molecule has 5 heteroatoms. The van der Waals surface area contributed by atoms with Gasteiger partial charge in [0, 0.05) is 24.3 Å². The van der Waals surface area contributed by atoms with Crippen LogP contribution in [0.5, 0.6) is 0 Å². The summed E-state index contributed by atoms with van der Waals surface area (Å²) in [7, 11) is 0. The van der Waals surface area contributed by atoms with Crippen LogP contribution in [0.15, 0.2) is 24.3 Å². The van der Waals surface area contributed by atoms with Crippen LogP contribution < -0.4 is 0 Å². The molecule has 27 heavy (non-hydrogen) atoms. The maximum atomic E-state index is 12.2. The molecule has 0 aromatic rings. The molecule has 1 aliphatic carbocycles. The van der Waals surface area contributed by atoms with Crippen LogP contribution in [0.3, 0.4) is 0 Å². The topological polar surface area (TPSA) is 94.8 Å². The Labute approximate surface area is 163 Å². The van der Waals surface area contributed by atoms with E-state index in [2.05, 4.69) is 13.8 Å². The lowest BCUT2D eigenvalue weighted by Gasteiger charge is -2.18. The van der Waals surface area contributed by atoms with E-state index in [-0.39, 0.29) is 24.0 Å². The number of hydrogen-bond donors (Lipinski definition) is 3. The Morgan fingerprint density at radius 1 is 1.30 bits per heavy atom. The number of carboxylic acids is 1. The first-order valence-electron chi connectivity index (χ1n) is 10.3. The van der Waals surface area contributed by atoms with Gasteiger partial charge < -0.3 is 15.3 Å². The molecule has 2 unspecified atom stereocenters. The second-order valence-electron chi connectivity index (χ2n) is 7.88. The van der Waals surface area contributed by atoms with Crippen LogP contribution in [0.4, 0.5) is 0 Å². The van der Waals surface area contributed by atoms with Gasteiger partial charge in [0.25, 0.3) is 0 Å². The predicted molar refractivity (Wildman–Crippen MR) is 106 cm³/mol. The monoisotopic (exact) mass is 380 g/mol. The van der Waals surface area contributed by atoms with Crippen molar-refractivity contribution in [2.45, 2.75) is 83.8 Å². The van der Waals surface area contributed by atoms with Gasteiger partial charge >= 0.3 is 5.97 Å². The number of aliphatic hydroxyl groups is 2. The van der Waals surface area contributed by atoms with Gasteiger partial charge in [-0.1, -0.05) is 57.8 Å². The van der Waals surface area contributed by atoms with Crippen LogP contribution in [-0.2, 0) is 9.59 Å². The van der Waals surface area contributed by atoms with Crippen molar-refractivity contribution in [2.24, 2.45) is 17.8 Å². The Kier molecular flexibility index (Phi) is 11.2. The molecule has 1 fully saturated rings. The molecule has 0 bridgehead atoms. The first kappa shape index (κ1) is 23.6. The summed E-state index contributed by atoms with van der Waals surface area (Å²) in [5, 5.41) is 29.0. The number of ketones is 1. The molecule has 0 aromatic carbocycles. The minimum Gasteiger partial charge on any atom is -0.478 e. The summed E-state index contributed by atoms with van der Waals surface area (Å²) in [6, 6.07) is 0. The molecule has 0 saturated heterocycles. The van der Waals surface area contributed by atoms with Crippen molar-refractivity contribution in [3.8, 4) is 0 Å². The van der Waals surface area contributed by atoms with E-state index in [1.54, 1.807) is 12.2 Å². The van der Waals surface area contributed by atoms with Gasteiger partial charge in [-0.25, -0.2) is 4.79 Å². The number of aliphatic carboxylic acids is 1. The van der Waals surface area contributed by atoms with Crippen molar-refractivity contribution in [3.05, 3.63) is 24.3 Å². The molecule has 0 radical (unpaired) electrons. The average Bonchev–Trinajstić information content (AvgIpc) is 2.87. The summed E-state index contributed by atoms with van der Waals surface area (Å²) in [5.74, 6) is -0.840. The van der Waals surface area contributed by atoms with Gasteiger partial charge in [-0.05, 0) is 31.6 Å². The van der Waals surface area contributed by atoms with Crippen LogP contribution >= 0.6 is 0 Å². The lowest BCUT2D eigenvalue weighted by molar-refractivity contribution is -0.131. The lowest BCUT2D eigenvalue weighted by Crippen LogP contribution is -2.19. The maximum absolute atomic E-state index is 12.2. The molecule has 0 aromatic heterocycles. The Morgan fingerprint density at radius 2 is 2.04 bits per heavy atom. The lowest BCUT2D eigenvalue weighted by atomic mass is 9.88. The molecule has 154 valence electrons. The summed E-state index contributed by atoms with van der Waals surface area (Å²) >= 11 is 0. The average molecular weight is 381 g/mol. The highest BCUT2D eigenvalue weighted by atomic mass is 16.4. The number of hydrogen-bond acceptors (Lipinski definition) is 4. The van der Waals surface area contributed by atoms with E-state index in [9.17, 15) is 19.8 Å². The normalized spacial score (nSPS) is 25.5. The smallest absolute Gasteiger partial charge is 0.327 e. The fourth-order valence-electron chi connectivity index (χ4n) is 3.82. The summed E-state index contributed by atoms with van der Waals surface area (Å²) in [4.78, 5) is 22.6. The van der Waals surface area contributed by atoms with Crippen LogP contribution in [0, 0.1) is 17.8 Å². The number of carboxylic acid groups (broad SMARTS) is 1. The molecule has 0 aliphatic heterocycles. The zero-order chi connectivity index (χ0) is 20.2. The summed E-state index contributed by atoms with van der Waals surface area (Å²) in [6.45, 7) is 4.30. The molecule has 0 amide bonds. The molecular weight excluding hydrogens is 344 g/mol. The molecule has 0 heterocycles. The van der Waals surface area contributed by atoms with Crippen molar-refractivity contribution >= 4 is 11.8 Å². The van der Waals surface area contributed by atoms with E-state index < -0.39 is 18.2 Å². The summed E-state index contributed by atoms with van der Waals surface area (Å²) < 4.78 is 0. The van der Waals surface area contributed by atoms with Crippen LogP contribution in [0.1, 0.15) is 71.6 Å². The van der Waals surface area contributed by atoms with Crippen molar-refractivity contribution in [1.29, 1.82) is 0 Å². The first-order chi connectivity index (χ1) is 12.8. The second kappa shape index (κ2) is 12.8. The van der Waals surface area contributed by atoms with Crippen LogP contribution in [-0.4, -0.2) is 39.3 Å². The number of Topliss-reactive ketones (excluding diaryl/α,β-unsaturated/α-hetero) is 1. The van der Waals surface area contributed by atoms with Gasteiger partial charge in [-0.15, -0.1) is 0 Å². The molecular formula is C22H36O5. The molecule has 1 rings (SSSR count). The van der Waals surface area contributed by atoms with Gasteiger partial charge in [-0.3, -0.25) is 4.79 Å². The SMILES string of the molecule is CCCCC(C)C[C@H](O)/C=C/C1[C@H](O)CC(=O)[C@@H]1CCCC/C=C/C(=O)O. The number of allylic oxidation sites excluding steroid dienone is 1. The standard InChI is InChI=1S/C22H36O5/c1-3-4-9-16(2)14-17(23)12-13-19-18(20(24)15-21(19)25)10-7-5-6-8-11-22(26)27/h8,11-13,16-19,21,23,25H,3-7,9-10,14-15H2,1-2H3,(H,26,27)/b11-8+,13-12+/t16?,17-,18-,19?,21-/m1/s1. The third kappa shape index (κ3) is 9.34. The number of unbranched alkanes of at least 4 members (excludes halogenated alkanes) is 3. The number of carbonyl (C=O) groups is 2. The van der Waals surface area contributed by atoms with Gasteiger partial charge in [0.2, 0.25) is 0 Å². The molecule has 3 N–H and O–H groups in total.